The van der Waals surface area contributed by atoms with Crippen LogP contribution in [0.2, 0.25) is 0 Å². The van der Waals surface area contributed by atoms with Crippen LogP contribution in [0.25, 0.3) is 0 Å². The first kappa shape index (κ1) is 7.95. The summed E-state index contributed by atoms with van der Waals surface area (Å²) in [7, 11) is 0. The molecule has 0 atom stereocenters. The number of rotatable bonds is 3. The highest BCUT2D eigenvalue weighted by Gasteiger charge is 2.41. The smallest absolute Gasteiger partial charge is 0.159 e. The molecule has 0 spiro atoms. The summed E-state index contributed by atoms with van der Waals surface area (Å²) in [6, 6.07) is 0. The summed E-state index contributed by atoms with van der Waals surface area (Å²) in [5.74, 6) is -0.109. The molecular weight excluding hydrogens is 135 g/mol. The minimum atomic E-state index is -1.71. The first-order valence-electron chi connectivity index (χ1n) is 3.63. The van der Waals surface area contributed by atoms with Gasteiger partial charge in [-0.05, 0) is 18.8 Å². The summed E-state index contributed by atoms with van der Waals surface area (Å²) in [6.45, 7) is -1.09. The van der Waals surface area contributed by atoms with Crippen molar-refractivity contribution in [3.05, 3.63) is 0 Å². The maximum Gasteiger partial charge on any atom is 0.159 e. The highest BCUT2D eigenvalue weighted by Crippen LogP contribution is 2.38. The predicted molar refractivity (Wildman–Crippen MR) is 35.4 cm³/mol. The van der Waals surface area contributed by atoms with E-state index in [1.807, 2.05) is 0 Å². The molecule has 3 heteroatoms. The lowest BCUT2D eigenvalue weighted by molar-refractivity contribution is -0.0552. The van der Waals surface area contributed by atoms with Gasteiger partial charge in [0.05, 0.1) is 13.2 Å². The van der Waals surface area contributed by atoms with Crippen molar-refractivity contribution in [3.8, 4) is 0 Å². The molecule has 2 N–H and O–H groups in total. The van der Waals surface area contributed by atoms with Crippen LogP contribution in [0.15, 0.2) is 0 Å². The van der Waals surface area contributed by atoms with Crippen molar-refractivity contribution in [2.45, 2.75) is 24.9 Å². The molecule has 60 valence electrons. The van der Waals surface area contributed by atoms with E-state index >= 15 is 0 Å². The fourth-order valence-electron chi connectivity index (χ4n) is 1.23. The average Bonchev–Trinajstić information content (AvgIpc) is 1.84. The van der Waals surface area contributed by atoms with Crippen molar-refractivity contribution >= 4 is 0 Å². The molecule has 0 unspecified atom stereocenters. The molecule has 0 aromatic rings. The van der Waals surface area contributed by atoms with Gasteiger partial charge in [0.15, 0.2) is 5.67 Å². The maximum atomic E-state index is 13.2. The Morgan fingerprint density at radius 2 is 1.80 bits per heavy atom. The van der Waals surface area contributed by atoms with Gasteiger partial charge in [-0.15, -0.1) is 0 Å². The van der Waals surface area contributed by atoms with Crippen LogP contribution in [0.4, 0.5) is 4.39 Å². The van der Waals surface area contributed by atoms with E-state index in [0.717, 1.165) is 19.3 Å². The molecule has 10 heavy (non-hydrogen) atoms. The fourth-order valence-corrected chi connectivity index (χ4v) is 1.23. The second-order valence-electron chi connectivity index (χ2n) is 2.98. The fraction of sp³-hybridized carbons (Fsp3) is 1.00. The highest BCUT2D eigenvalue weighted by atomic mass is 19.1. The molecule has 1 aliphatic rings. The second-order valence-corrected chi connectivity index (χ2v) is 2.98. The first-order chi connectivity index (χ1) is 4.73. The summed E-state index contributed by atoms with van der Waals surface area (Å²) in [6.07, 6.45) is 2.63. The monoisotopic (exact) mass is 148 g/mol. The third-order valence-electron chi connectivity index (χ3n) is 2.36. The zero-order valence-corrected chi connectivity index (χ0v) is 5.89. The van der Waals surface area contributed by atoms with Crippen molar-refractivity contribution in [2.75, 3.05) is 13.2 Å². The van der Waals surface area contributed by atoms with Gasteiger partial charge in [-0.25, -0.2) is 4.39 Å². The summed E-state index contributed by atoms with van der Waals surface area (Å²) in [4.78, 5) is 0. The lowest BCUT2D eigenvalue weighted by atomic mass is 9.74. The standard InChI is InChI=1S/C7H13FO2/c8-7(4-9,5-10)6-2-1-3-6/h6,9-10H,1-5H2. The normalized spacial score (nSPS) is 20.7. The van der Waals surface area contributed by atoms with E-state index in [-0.39, 0.29) is 5.92 Å². The van der Waals surface area contributed by atoms with E-state index in [2.05, 4.69) is 0 Å². The molecule has 1 saturated carbocycles. The Kier molecular flexibility index (Phi) is 2.26. The van der Waals surface area contributed by atoms with E-state index < -0.39 is 18.9 Å². The molecule has 0 aromatic heterocycles. The van der Waals surface area contributed by atoms with Crippen LogP contribution < -0.4 is 0 Å². The zero-order chi connectivity index (χ0) is 7.61. The van der Waals surface area contributed by atoms with Crippen molar-refractivity contribution < 1.29 is 14.6 Å². The van der Waals surface area contributed by atoms with Gasteiger partial charge in [0, 0.05) is 0 Å². The Bertz CT molecular complexity index is 108. The topological polar surface area (TPSA) is 40.5 Å². The zero-order valence-electron chi connectivity index (χ0n) is 5.89. The SMILES string of the molecule is OCC(F)(CO)C1CCC1. The van der Waals surface area contributed by atoms with Gasteiger partial charge in [0.1, 0.15) is 0 Å². The Hall–Kier alpha value is -0.150. The largest absolute Gasteiger partial charge is 0.393 e. The number of alkyl halides is 1. The van der Waals surface area contributed by atoms with E-state index in [4.69, 9.17) is 10.2 Å². The van der Waals surface area contributed by atoms with Gasteiger partial charge in [0.25, 0.3) is 0 Å². The number of aliphatic hydroxyl groups excluding tert-OH is 2. The van der Waals surface area contributed by atoms with Gasteiger partial charge in [-0.3, -0.25) is 0 Å². The van der Waals surface area contributed by atoms with Gasteiger partial charge in [-0.1, -0.05) is 6.42 Å². The van der Waals surface area contributed by atoms with Crippen LogP contribution >= 0.6 is 0 Å². The Morgan fingerprint density at radius 3 is 1.90 bits per heavy atom. The third-order valence-corrected chi connectivity index (χ3v) is 2.36. The van der Waals surface area contributed by atoms with Crippen molar-refractivity contribution in [3.63, 3.8) is 0 Å². The number of hydrogen-bond acceptors (Lipinski definition) is 2. The molecular formula is C7H13FO2. The Balaban J connectivity index is 2.44. The first-order valence-corrected chi connectivity index (χ1v) is 3.63. The summed E-state index contributed by atoms with van der Waals surface area (Å²) < 4.78 is 13.2. The van der Waals surface area contributed by atoms with Crippen molar-refractivity contribution in [2.24, 2.45) is 5.92 Å². The van der Waals surface area contributed by atoms with E-state index in [1.165, 1.54) is 0 Å². The molecule has 0 amide bonds. The molecule has 0 aliphatic heterocycles. The number of hydrogen-bond donors (Lipinski definition) is 2. The quantitative estimate of drug-likeness (QED) is 0.611. The minimum Gasteiger partial charge on any atom is -0.393 e. The van der Waals surface area contributed by atoms with Gasteiger partial charge in [-0.2, -0.15) is 0 Å². The Morgan fingerprint density at radius 1 is 1.30 bits per heavy atom. The van der Waals surface area contributed by atoms with Crippen LogP contribution in [-0.4, -0.2) is 29.1 Å². The molecule has 0 radical (unpaired) electrons. The van der Waals surface area contributed by atoms with E-state index in [1.54, 1.807) is 0 Å². The van der Waals surface area contributed by atoms with Crippen molar-refractivity contribution in [1.29, 1.82) is 0 Å². The average molecular weight is 148 g/mol. The summed E-state index contributed by atoms with van der Waals surface area (Å²) in [5.41, 5.74) is -1.71. The lowest BCUT2D eigenvalue weighted by Gasteiger charge is -2.36. The molecule has 1 fully saturated rings. The predicted octanol–water partition coefficient (Wildman–Crippen LogP) is 0.479. The number of halogens is 1. The van der Waals surface area contributed by atoms with Gasteiger partial charge >= 0.3 is 0 Å². The van der Waals surface area contributed by atoms with Gasteiger partial charge in [0.2, 0.25) is 0 Å². The van der Waals surface area contributed by atoms with Crippen LogP contribution in [0.5, 0.6) is 0 Å². The minimum absolute atomic E-state index is 0.109. The van der Waals surface area contributed by atoms with Crippen LogP contribution in [-0.2, 0) is 0 Å². The lowest BCUT2D eigenvalue weighted by Crippen LogP contribution is -2.44. The van der Waals surface area contributed by atoms with Crippen LogP contribution in [0.3, 0.4) is 0 Å². The molecule has 2 nitrogen and oxygen atoms in total. The molecule has 0 bridgehead atoms. The van der Waals surface area contributed by atoms with E-state index in [9.17, 15) is 4.39 Å². The maximum absolute atomic E-state index is 13.2. The number of aliphatic hydroxyl groups is 2. The van der Waals surface area contributed by atoms with Gasteiger partial charge < -0.3 is 10.2 Å². The summed E-state index contributed by atoms with van der Waals surface area (Å²) in [5, 5.41) is 17.2. The third kappa shape index (κ3) is 1.16. The van der Waals surface area contributed by atoms with Crippen LogP contribution in [0.1, 0.15) is 19.3 Å². The Labute approximate surface area is 59.7 Å². The van der Waals surface area contributed by atoms with Crippen LogP contribution in [0, 0.1) is 5.92 Å². The molecule has 0 saturated heterocycles. The second kappa shape index (κ2) is 2.84. The molecule has 0 aromatic carbocycles. The molecule has 0 heterocycles. The molecule has 1 aliphatic carbocycles. The van der Waals surface area contributed by atoms with E-state index in [0.29, 0.717) is 0 Å². The molecule has 1 rings (SSSR count). The summed E-state index contributed by atoms with van der Waals surface area (Å²) >= 11 is 0. The highest BCUT2D eigenvalue weighted by molar-refractivity contribution is 4.90. The van der Waals surface area contributed by atoms with Crippen molar-refractivity contribution in [1.82, 2.24) is 0 Å².